The number of ether oxygens (including phenoxy) is 1. The van der Waals surface area contributed by atoms with Gasteiger partial charge in [-0.2, -0.15) is 5.10 Å². The monoisotopic (exact) mass is 303 g/mol. The van der Waals surface area contributed by atoms with E-state index in [-0.39, 0.29) is 13.0 Å². The van der Waals surface area contributed by atoms with E-state index in [2.05, 4.69) is 10.2 Å². The maximum Gasteiger partial charge on any atom is 0.338 e. The molecule has 0 saturated carbocycles. The number of carbonyl (C=O) groups is 2. The van der Waals surface area contributed by atoms with Gasteiger partial charge in [0.2, 0.25) is 5.91 Å². The van der Waals surface area contributed by atoms with Crippen molar-refractivity contribution in [2.75, 3.05) is 6.61 Å². The molecular weight excluding hydrogens is 286 g/mol. The molecule has 7 heteroatoms. The fraction of sp³-hybridized carbons (Fsp3) is 0.333. The Bertz CT molecular complexity index is 824. The van der Waals surface area contributed by atoms with Crippen LogP contribution < -0.4 is 11.3 Å². The third kappa shape index (κ3) is 2.69. The lowest BCUT2D eigenvalue weighted by Gasteiger charge is -2.13. The van der Waals surface area contributed by atoms with E-state index in [1.807, 2.05) is 0 Å². The van der Waals surface area contributed by atoms with Gasteiger partial charge in [-0.05, 0) is 38.0 Å². The average Bonchev–Trinajstić information content (AvgIpc) is 2.41. The summed E-state index contributed by atoms with van der Waals surface area (Å²) in [6, 6.07) is 1.66. The predicted molar refractivity (Wildman–Crippen MR) is 80.7 cm³/mol. The van der Waals surface area contributed by atoms with E-state index in [4.69, 9.17) is 10.5 Å². The zero-order chi connectivity index (χ0) is 16.4. The molecular formula is C15H17N3O4. The fourth-order valence-corrected chi connectivity index (χ4v) is 2.56. The van der Waals surface area contributed by atoms with Gasteiger partial charge in [0.15, 0.2) is 0 Å². The number of esters is 1. The zero-order valence-electron chi connectivity index (χ0n) is 12.6. The Labute approximate surface area is 126 Å². The van der Waals surface area contributed by atoms with Gasteiger partial charge in [0.05, 0.1) is 29.7 Å². The summed E-state index contributed by atoms with van der Waals surface area (Å²) < 4.78 is 5.03. The number of benzene rings is 1. The van der Waals surface area contributed by atoms with Gasteiger partial charge in [-0.15, -0.1) is 0 Å². The Kier molecular flexibility index (Phi) is 4.25. The molecule has 1 aromatic heterocycles. The van der Waals surface area contributed by atoms with Crippen LogP contribution in [-0.2, 0) is 16.0 Å². The first-order valence-electron chi connectivity index (χ1n) is 6.83. The highest BCUT2D eigenvalue weighted by Gasteiger charge is 2.20. The zero-order valence-corrected chi connectivity index (χ0v) is 12.6. The molecule has 22 heavy (non-hydrogen) atoms. The van der Waals surface area contributed by atoms with E-state index < -0.39 is 17.4 Å². The summed E-state index contributed by atoms with van der Waals surface area (Å²) in [5, 5.41) is 7.06. The first-order chi connectivity index (χ1) is 10.4. The molecule has 0 unspecified atom stereocenters. The topological polar surface area (TPSA) is 115 Å². The summed E-state index contributed by atoms with van der Waals surface area (Å²) in [6.07, 6.45) is -0.0923. The second kappa shape index (κ2) is 5.97. The van der Waals surface area contributed by atoms with E-state index >= 15 is 0 Å². The molecule has 0 aliphatic carbocycles. The molecule has 7 nitrogen and oxygen atoms in total. The molecule has 0 bridgehead atoms. The summed E-state index contributed by atoms with van der Waals surface area (Å²) in [6.45, 7) is 5.37. The molecule has 0 spiro atoms. The number of fused-ring (bicyclic) bond motifs is 1. The van der Waals surface area contributed by atoms with Crippen LogP contribution >= 0.6 is 0 Å². The first-order valence-corrected chi connectivity index (χ1v) is 6.83. The summed E-state index contributed by atoms with van der Waals surface area (Å²) >= 11 is 0. The van der Waals surface area contributed by atoms with E-state index in [0.717, 1.165) is 0 Å². The van der Waals surface area contributed by atoms with Crippen LogP contribution in [0.4, 0.5) is 0 Å². The van der Waals surface area contributed by atoms with Crippen molar-refractivity contribution >= 4 is 22.6 Å². The molecule has 0 saturated heterocycles. The fourth-order valence-electron chi connectivity index (χ4n) is 2.56. The number of carbonyl (C=O) groups excluding carboxylic acids is 2. The Morgan fingerprint density at radius 1 is 1.36 bits per heavy atom. The van der Waals surface area contributed by atoms with Crippen LogP contribution in [0.2, 0.25) is 0 Å². The molecule has 1 heterocycles. The number of aromatic nitrogens is 2. The van der Waals surface area contributed by atoms with Crippen LogP contribution in [0.15, 0.2) is 10.9 Å². The van der Waals surface area contributed by atoms with E-state index in [0.29, 0.717) is 33.2 Å². The first kappa shape index (κ1) is 15.7. The summed E-state index contributed by atoms with van der Waals surface area (Å²) in [5.74, 6) is -1.03. The number of aryl methyl sites for hydroxylation is 2. The van der Waals surface area contributed by atoms with Crippen LogP contribution in [0.1, 0.15) is 34.1 Å². The number of amides is 1. The van der Waals surface area contributed by atoms with Crippen LogP contribution in [0.3, 0.4) is 0 Å². The smallest absolute Gasteiger partial charge is 0.338 e. The highest BCUT2D eigenvalue weighted by Crippen LogP contribution is 2.25. The maximum absolute atomic E-state index is 12.1. The molecule has 1 aromatic carbocycles. The second-order valence-corrected chi connectivity index (χ2v) is 4.98. The van der Waals surface area contributed by atoms with Crippen molar-refractivity contribution in [1.82, 2.24) is 10.2 Å². The number of primary amides is 1. The minimum absolute atomic E-state index is 0.0923. The van der Waals surface area contributed by atoms with E-state index in [1.54, 1.807) is 26.8 Å². The number of nitrogens with zero attached hydrogens (tertiary/aromatic N) is 1. The standard InChI is InChI=1S/C15H17N3O4/c1-4-22-15(21)12-7(2)5-9-10(6-11(16)19)17-18-14(20)13(9)8(12)3/h5H,4,6H2,1-3H3,(H2,16,19)(H,18,20). The number of rotatable bonds is 4. The summed E-state index contributed by atoms with van der Waals surface area (Å²) in [7, 11) is 0. The minimum Gasteiger partial charge on any atom is -0.462 e. The molecule has 2 rings (SSSR count). The molecule has 116 valence electrons. The van der Waals surface area contributed by atoms with Gasteiger partial charge in [0, 0.05) is 5.39 Å². The lowest BCUT2D eigenvalue weighted by molar-refractivity contribution is -0.117. The number of nitrogens with two attached hydrogens (primary N) is 1. The molecule has 0 atom stereocenters. The van der Waals surface area contributed by atoms with Gasteiger partial charge in [-0.1, -0.05) is 0 Å². The second-order valence-electron chi connectivity index (χ2n) is 4.98. The average molecular weight is 303 g/mol. The number of aromatic amines is 1. The number of H-pyrrole nitrogens is 1. The van der Waals surface area contributed by atoms with Crippen molar-refractivity contribution < 1.29 is 14.3 Å². The number of hydrogen-bond acceptors (Lipinski definition) is 5. The summed E-state index contributed by atoms with van der Waals surface area (Å²) in [5.41, 5.74) is 6.67. The van der Waals surface area contributed by atoms with Gasteiger partial charge < -0.3 is 10.5 Å². The number of hydrogen-bond donors (Lipinski definition) is 2. The van der Waals surface area contributed by atoms with Crippen molar-refractivity contribution in [1.29, 1.82) is 0 Å². The number of nitrogens with one attached hydrogen (secondary N) is 1. The third-order valence-electron chi connectivity index (χ3n) is 3.43. The lowest BCUT2D eigenvalue weighted by Crippen LogP contribution is -2.20. The van der Waals surface area contributed by atoms with Crippen molar-refractivity contribution in [2.24, 2.45) is 5.73 Å². The van der Waals surface area contributed by atoms with Gasteiger partial charge in [-0.25, -0.2) is 9.89 Å². The Hall–Kier alpha value is -2.70. The largest absolute Gasteiger partial charge is 0.462 e. The van der Waals surface area contributed by atoms with Gasteiger partial charge >= 0.3 is 5.97 Å². The molecule has 2 aromatic rings. The molecule has 0 aliphatic rings. The van der Waals surface area contributed by atoms with Crippen LogP contribution in [0.25, 0.3) is 10.8 Å². The lowest BCUT2D eigenvalue weighted by atomic mass is 9.95. The van der Waals surface area contributed by atoms with Crippen molar-refractivity contribution in [3.63, 3.8) is 0 Å². The van der Waals surface area contributed by atoms with Gasteiger partial charge in [-0.3, -0.25) is 9.59 Å². The predicted octanol–water partition coefficient (Wildman–Crippen LogP) is 0.744. The van der Waals surface area contributed by atoms with Crippen molar-refractivity contribution in [3.05, 3.63) is 38.8 Å². The van der Waals surface area contributed by atoms with Crippen LogP contribution in [-0.4, -0.2) is 28.7 Å². The molecule has 0 fully saturated rings. The summed E-state index contributed by atoms with van der Waals surface area (Å²) in [4.78, 5) is 35.3. The molecule has 0 radical (unpaired) electrons. The Morgan fingerprint density at radius 3 is 2.64 bits per heavy atom. The normalized spacial score (nSPS) is 10.7. The van der Waals surface area contributed by atoms with Gasteiger partial charge in [0.1, 0.15) is 0 Å². The highest BCUT2D eigenvalue weighted by molar-refractivity contribution is 6.01. The van der Waals surface area contributed by atoms with Crippen LogP contribution in [0.5, 0.6) is 0 Å². The SMILES string of the molecule is CCOC(=O)c1c(C)cc2c(CC(N)=O)n[nH]c(=O)c2c1C. The van der Waals surface area contributed by atoms with Crippen molar-refractivity contribution in [3.8, 4) is 0 Å². The minimum atomic E-state index is -0.550. The Balaban J connectivity index is 2.81. The maximum atomic E-state index is 12.1. The molecule has 1 amide bonds. The van der Waals surface area contributed by atoms with Crippen molar-refractivity contribution in [2.45, 2.75) is 27.2 Å². The molecule has 3 N–H and O–H groups in total. The van der Waals surface area contributed by atoms with Gasteiger partial charge in [0.25, 0.3) is 5.56 Å². The van der Waals surface area contributed by atoms with E-state index in [9.17, 15) is 14.4 Å². The Morgan fingerprint density at radius 2 is 2.05 bits per heavy atom. The third-order valence-corrected chi connectivity index (χ3v) is 3.43. The van der Waals surface area contributed by atoms with E-state index in [1.165, 1.54) is 0 Å². The molecule has 0 aliphatic heterocycles. The highest BCUT2D eigenvalue weighted by atomic mass is 16.5. The quantitative estimate of drug-likeness (QED) is 0.808. The van der Waals surface area contributed by atoms with Crippen LogP contribution in [0, 0.1) is 13.8 Å².